The first-order valence-corrected chi connectivity index (χ1v) is 7.35. The quantitative estimate of drug-likeness (QED) is 0.722. The maximum atomic E-state index is 11.9. The molecule has 110 valence electrons. The number of amides is 1. The van der Waals surface area contributed by atoms with Crippen LogP contribution in [0, 0.1) is 0 Å². The minimum Gasteiger partial charge on any atom is -0.376 e. The first kappa shape index (κ1) is 13.5. The Morgan fingerprint density at radius 2 is 2.25 bits per heavy atom. The molecule has 20 heavy (non-hydrogen) atoms. The Balaban J connectivity index is 1.38. The van der Waals surface area contributed by atoms with E-state index in [2.05, 4.69) is 20.9 Å². The number of hydrogen-bond donors (Lipinski definition) is 2. The number of carbonyl (C=O) groups is 1. The molecule has 2 N–H and O–H groups in total. The number of carbonyl (C=O) groups excluding carboxylic acids is 1. The molecule has 1 saturated carbocycles. The van der Waals surface area contributed by atoms with Gasteiger partial charge in [-0.05, 0) is 12.8 Å². The van der Waals surface area contributed by atoms with E-state index in [0.29, 0.717) is 31.0 Å². The van der Waals surface area contributed by atoms with Crippen LogP contribution in [-0.2, 0) is 4.74 Å². The van der Waals surface area contributed by atoms with Crippen molar-refractivity contribution in [3.8, 4) is 0 Å². The van der Waals surface area contributed by atoms with E-state index in [1.165, 1.54) is 12.8 Å². The molecule has 1 aliphatic carbocycles. The average Bonchev–Trinajstić information content (AvgIpc) is 3.03. The van der Waals surface area contributed by atoms with Crippen molar-refractivity contribution in [3.63, 3.8) is 0 Å². The van der Waals surface area contributed by atoms with Crippen molar-refractivity contribution < 1.29 is 9.53 Å². The molecule has 0 aromatic carbocycles. The minimum absolute atomic E-state index is 0.182. The fraction of sp³-hybridized carbons (Fsp3) is 0.769. The van der Waals surface area contributed by atoms with Gasteiger partial charge in [-0.2, -0.15) is 0 Å². The summed E-state index contributed by atoms with van der Waals surface area (Å²) in [6.07, 6.45) is 6.92. The van der Waals surface area contributed by atoms with Crippen LogP contribution < -0.4 is 10.6 Å². The summed E-state index contributed by atoms with van der Waals surface area (Å²) in [5.41, 5.74) is 0.373. The van der Waals surface area contributed by atoms with Gasteiger partial charge in [0.25, 0.3) is 5.91 Å². The summed E-state index contributed by atoms with van der Waals surface area (Å²) >= 11 is 0. The van der Waals surface area contributed by atoms with E-state index in [4.69, 9.17) is 4.74 Å². The van der Waals surface area contributed by atoms with Crippen LogP contribution >= 0.6 is 0 Å². The summed E-state index contributed by atoms with van der Waals surface area (Å²) in [6.45, 7) is 2.86. The van der Waals surface area contributed by atoms with Crippen molar-refractivity contribution in [2.75, 3.05) is 26.2 Å². The second-order valence-electron chi connectivity index (χ2n) is 5.43. The highest BCUT2D eigenvalue weighted by atomic mass is 16.5. The van der Waals surface area contributed by atoms with Crippen LogP contribution in [0.2, 0.25) is 0 Å². The molecule has 2 aliphatic rings. The van der Waals surface area contributed by atoms with Crippen molar-refractivity contribution in [2.24, 2.45) is 0 Å². The SMILES string of the molecule is O=C(NCCOC1CCCC1)c1cn(C2CNC2)nn1. The maximum Gasteiger partial charge on any atom is 0.273 e. The van der Waals surface area contributed by atoms with E-state index < -0.39 is 0 Å². The van der Waals surface area contributed by atoms with Crippen molar-refractivity contribution in [1.29, 1.82) is 0 Å². The number of nitrogens with one attached hydrogen (secondary N) is 2. The zero-order valence-electron chi connectivity index (χ0n) is 11.5. The second kappa shape index (κ2) is 6.32. The Labute approximate surface area is 118 Å². The van der Waals surface area contributed by atoms with Gasteiger partial charge in [-0.15, -0.1) is 5.10 Å². The lowest BCUT2D eigenvalue weighted by Crippen LogP contribution is -2.43. The fourth-order valence-corrected chi connectivity index (χ4v) is 2.56. The standard InChI is InChI=1S/C13H21N5O2/c19-13(15-5-6-20-11-3-1-2-4-11)12-9-18(17-16-12)10-7-14-8-10/h9-11,14H,1-8H2,(H,15,19). The first-order valence-electron chi connectivity index (χ1n) is 7.35. The van der Waals surface area contributed by atoms with E-state index in [-0.39, 0.29) is 5.91 Å². The first-order chi connectivity index (χ1) is 9.83. The van der Waals surface area contributed by atoms with Crippen LogP contribution in [0.25, 0.3) is 0 Å². The molecule has 3 rings (SSSR count). The Bertz CT molecular complexity index is 451. The van der Waals surface area contributed by atoms with E-state index >= 15 is 0 Å². The molecule has 7 heteroatoms. The van der Waals surface area contributed by atoms with Crippen LogP contribution in [0.15, 0.2) is 6.20 Å². The molecule has 0 unspecified atom stereocenters. The predicted octanol–water partition coefficient (Wildman–Crippen LogP) is 0.111. The second-order valence-corrected chi connectivity index (χ2v) is 5.43. The molecule has 1 saturated heterocycles. The van der Waals surface area contributed by atoms with Crippen molar-refractivity contribution in [3.05, 3.63) is 11.9 Å². The molecule has 1 aliphatic heterocycles. The minimum atomic E-state index is -0.182. The molecule has 0 bridgehead atoms. The van der Waals surface area contributed by atoms with Gasteiger partial charge in [-0.1, -0.05) is 18.1 Å². The molecular formula is C13H21N5O2. The summed E-state index contributed by atoms with van der Waals surface area (Å²) in [7, 11) is 0. The highest BCUT2D eigenvalue weighted by molar-refractivity contribution is 5.91. The number of hydrogen-bond acceptors (Lipinski definition) is 5. The van der Waals surface area contributed by atoms with Crippen LogP contribution in [0.5, 0.6) is 0 Å². The summed E-state index contributed by atoms with van der Waals surface area (Å²) in [5.74, 6) is -0.182. The van der Waals surface area contributed by atoms with E-state index in [1.54, 1.807) is 10.9 Å². The van der Waals surface area contributed by atoms with Crippen LogP contribution in [0.3, 0.4) is 0 Å². The third kappa shape index (κ3) is 3.16. The summed E-state index contributed by atoms with van der Waals surface area (Å²) in [6, 6.07) is 0.328. The Kier molecular flexibility index (Phi) is 4.27. The van der Waals surface area contributed by atoms with Gasteiger partial charge >= 0.3 is 0 Å². The molecule has 2 heterocycles. The third-order valence-electron chi connectivity index (χ3n) is 3.92. The predicted molar refractivity (Wildman–Crippen MR) is 72.5 cm³/mol. The number of nitrogens with zero attached hydrogens (tertiary/aromatic N) is 3. The summed E-state index contributed by atoms with van der Waals surface area (Å²) in [5, 5.41) is 13.9. The van der Waals surface area contributed by atoms with Crippen molar-refractivity contribution in [2.45, 2.75) is 37.8 Å². The average molecular weight is 279 g/mol. The molecular weight excluding hydrogens is 258 g/mol. The van der Waals surface area contributed by atoms with Gasteiger partial charge < -0.3 is 15.4 Å². The van der Waals surface area contributed by atoms with Crippen molar-refractivity contribution in [1.82, 2.24) is 25.6 Å². The normalized spacial score (nSPS) is 20.0. The highest BCUT2D eigenvalue weighted by Crippen LogP contribution is 2.20. The smallest absolute Gasteiger partial charge is 0.273 e. The van der Waals surface area contributed by atoms with Gasteiger partial charge in [0.15, 0.2) is 5.69 Å². The van der Waals surface area contributed by atoms with Gasteiger partial charge in [0, 0.05) is 19.6 Å². The van der Waals surface area contributed by atoms with Gasteiger partial charge in [0.05, 0.1) is 24.9 Å². The van der Waals surface area contributed by atoms with Crippen LogP contribution in [-0.4, -0.2) is 53.2 Å². The Morgan fingerprint density at radius 1 is 1.45 bits per heavy atom. The monoisotopic (exact) mass is 279 g/mol. The van der Waals surface area contributed by atoms with Gasteiger partial charge in [0.1, 0.15) is 0 Å². The number of ether oxygens (including phenoxy) is 1. The zero-order valence-corrected chi connectivity index (χ0v) is 11.5. The van der Waals surface area contributed by atoms with Gasteiger partial charge in [0.2, 0.25) is 0 Å². The molecule has 1 aromatic heterocycles. The van der Waals surface area contributed by atoms with Crippen LogP contribution in [0.1, 0.15) is 42.2 Å². The van der Waals surface area contributed by atoms with E-state index in [0.717, 1.165) is 25.9 Å². The molecule has 1 amide bonds. The summed E-state index contributed by atoms with van der Waals surface area (Å²) in [4.78, 5) is 11.9. The van der Waals surface area contributed by atoms with Crippen LogP contribution in [0.4, 0.5) is 0 Å². The molecule has 0 radical (unpaired) electrons. The van der Waals surface area contributed by atoms with Gasteiger partial charge in [-0.25, -0.2) is 4.68 Å². The van der Waals surface area contributed by atoms with E-state index in [1.807, 2.05) is 0 Å². The lowest BCUT2D eigenvalue weighted by molar-refractivity contribution is 0.0581. The highest BCUT2D eigenvalue weighted by Gasteiger charge is 2.21. The molecule has 0 spiro atoms. The lowest BCUT2D eigenvalue weighted by atomic mass is 10.2. The Hall–Kier alpha value is -1.47. The number of rotatable bonds is 6. The maximum absolute atomic E-state index is 11.9. The van der Waals surface area contributed by atoms with E-state index in [9.17, 15) is 4.79 Å². The molecule has 1 aromatic rings. The van der Waals surface area contributed by atoms with Crippen molar-refractivity contribution >= 4 is 5.91 Å². The molecule has 0 atom stereocenters. The Morgan fingerprint density at radius 3 is 2.95 bits per heavy atom. The van der Waals surface area contributed by atoms with Gasteiger partial charge in [-0.3, -0.25) is 4.79 Å². The molecule has 2 fully saturated rings. The third-order valence-corrected chi connectivity index (χ3v) is 3.92. The number of aromatic nitrogens is 3. The fourth-order valence-electron chi connectivity index (χ4n) is 2.56. The largest absolute Gasteiger partial charge is 0.376 e. The topological polar surface area (TPSA) is 81.1 Å². The zero-order chi connectivity index (χ0) is 13.8. The lowest BCUT2D eigenvalue weighted by Gasteiger charge is -2.26. The molecule has 7 nitrogen and oxygen atoms in total. The summed E-state index contributed by atoms with van der Waals surface area (Å²) < 4.78 is 7.45.